The number of aryl methyl sites for hydroxylation is 2. The molecule has 0 heterocycles. The Morgan fingerprint density at radius 3 is 1.19 bits per heavy atom. The molecule has 0 saturated carbocycles. The predicted octanol–water partition coefficient (Wildman–Crippen LogP) is 10.9. The Kier molecular flexibility index (Phi) is 12.5. The molecule has 204 valence electrons. The van der Waals surface area contributed by atoms with Crippen LogP contribution in [0.25, 0.3) is 43.8 Å². The first kappa shape index (κ1) is 31.8. The minimum atomic E-state index is -0.826. The van der Waals surface area contributed by atoms with Gasteiger partial charge in [0.2, 0.25) is 0 Å². The van der Waals surface area contributed by atoms with Gasteiger partial charge in [0, 0.05) is 0 Å². The monoisotopic (exact) mass is 658 g/mol. The van der Waals surface area contributed by atoms with Crippen LogP contribution in [0.4, 0.5) is 0 Å². The van der Waals surface area contributed by atoms with Crippen molar-refractivity contribution in [3.05, 3.63) is 163 Å². The van der Waals surface area contributed by atoms with E-state index in [0.717, 1.165) is 5.46 Å². The van der Waals surface area contributed by atoms with Gasteiger partial charge in [-0.3, -0.25) is 0 Å². The van der Waals surface area contributed by atoms with E-state index in [1.54, 1.807) is 0 Å². The first-order valence-electron chi connectivity index (χ1n) is 13.7. The average molecular weight is 661 g/mol. The molecule has 0 spiro atoms. The van der Waals surface area contributed by atoms with Crippen LogP contribution in [0.1, 0.15) is 11.1 Å². The Morgan fingerprint density at radius 1 is 0.500 bits per heavy atom. The number of fused-ring (bicyclic) bond motifs is 2. The summed E-state index contributed by atoms with van der Waals surface area (Å²) in [5.41, 5.74) is 8.72. The molecule has 4 heteroatoms. The third-order valence-corrected chi connectivity index (χ3v) is 6.76. The SMILES string of the molecule is Cc1cc2c(-c3ccccc3)cccc2[cH-]1.Cc1cc2c(-c3ccccc3)cccc2[cH-]1.[B]c1ccccc1.[Cl][Zr+2][Cl]. The quantitative estimate of drug-likeness (QED) is 0.128. The van der Waals surface area contributed by atoms with E-state index in [0.29, 0.717) is 0 Å². The van der Waals surface area contributed by atoms with Crippen LogP contribution in [0.15, 0.2) is 152 Å². The van der Waals surface area contributed by atoms with Crippen LogP contribution in [0.5, 0.6) is 0 Å². The summed E-state index contributed by atoms with van der Waals surface area (Å²) in [5, 5.41) is 5.37. The zero-order valence-corrected chi connectivity index (χ0v) is 27.7. The molecule has 42 heavy (non-hydrogen) atoms. The van der Waals surface area contributed by atoms with Crippen molar-refractivity contribution in [2.24, 2.45) is 0 Å². The Bertz CT molecular complexity index is 1670. The van der Waals surface area contributed by atoms with E-state index < -0.39 is 20.8 Å². The number of benzene rings is 5. The summed E-state index contributed by atoms with van der Waals surface area (Å²) >= 11 is -0.826. The summed E-state index contributed by atoms with van der Waals surface area (Å²) in [6.45, 7) is 4.30. The zero-order chi connectivity index (χ0) is 29.7. The second kappa shape index (κ2) is 16.5. The molecule has 0 amide bonds. The molecule has 0 nitrogen and oxygen atoms in total. The molecule has 0 aliphatic carbocycles. The van der Waals surface area contributed by atoms with Crippen LogP contribution >= 0.6 is 17.0 Å². The van der Waals surface area contributed by atoms with Crippen molar-refractivity contribution in [1.29, 1.82) is 0 Å². The molecule has 0 aliphatic rings. The molecule has 0 bridgehead atoms. The summed E-state index contributed by atoms with van der Waals surface area (Å²) in [7, 11) is 15.2. The fraction of sp³-hybridized carbons (Fsp3) is 0.0526. The Morgan fingerprint density at radius 2 is 0.857 bits per heavy atom. The molecule has 0 saturated heterocycles. The third-order valence-electron chi connectivity index (χ3n) is 6.76. The van der Waals surface area contributed by atoms with Gasteiger partial charge in [-0.2, -0.15) is 12.1 Å². The molecule has 2 radical (unpaired) electrons. The van der Waals surface area contributed by atoms with Gasteiger partial charge in [-0.25, -0.2) is 0 Å². The van der Waals surface area contributed by atoms with Crippen molar-refractivity contribution in [3.63, 3.8) is 0 Å². The average Bonchev–Trinajstić information content (AvgIpc) is 3.60. The van der Waals surface area contributed by atoms with Crippen molar-refractivity contribution in [2.45, 2.75) is 13.8 Å². The van der Waals surface area contributed by atoms with Crippen LogP contribution in [0, 0.1) is 13.8 Å². The van der Waals surface area contributed by atoms with Gasteiger partial charge in [0.1, 0.15) is 7.85 Å². The van der Waals surface area contributed by atoms with Gasteiger partial charge in [0.05, 0.1) is 0 Å². The zero-order valence-electron chi connectivity index (χ0n) is 23.8. The van der Waals surface area contributed by atoms with Crippen molar-refractivity contribution in [2.75, 3.05) is 0 Å². The molecule has 0 aromatic heterocycles. The second-order valence-corrected chi connectivity index (χ2v) is 13.6. The molecular formula is C38H31BCl2Zr. The first-order valence-corrected chi connectivity index (χ1v) is 20.0. The molecule has 0 unspecified atom stereocenters. The van der Waals surface area contributed by atoms with Crippen molar-refractivity contribution in [3.8, 4) is 22.3 Å². The van der Waals surface area contributed by atoms with Crippen LogP contribution < -0.4 is 5.46 Å². The van der Waals surface area contributed by atoms with E-state index in [4.69, 9.17) is 24.9 Å². The Balaban J connectivity index is 0.000000147. The standard InChI is InChI=1S/2C16H13.C6H5B.2ClH.Zr/c2*1-12-10-14-8-5-9-15(16(14)11-12)13-6-3-2-4-7-13;7-6-4-2-1-3-5-6;;;/h2*2-11H,1H3;1-5H;2*1H;/q2*-1;;;;+4/p-2. The number of halogens is 2. The minimum absolute atomic E-state index is 0.822. The van der Waals surface area contributed by atoms with E-state index in [2.05, 4.69) is 135 Å². The molecule has 0 N–H and O–H groups in total. The maximum absolute atomic E-state index is 5.36. The summed E-state index contributed by atoms with van der Waals surface area (Å²) in [6.07, 6.45) is 0. The molecule has 7 aromatic rings. The predicted molar refractivity (Wildman–Crippen MR) is 183 cm³/mol. The van der Waals surface area contributed by atoms with Crippen molar-refractivity contribution >= 4 is 51.9 Å². The van der Waals surface area contributed by atoms with Gasteiger partial charge in [-0.05, 0) is 11.1 Å². The molecular weight excluding hydrogens is 629 g/mol. The van der Waals surface area contributed by atoms with Gasteiger partial charge in [0.25, 0.3) is 0 Å². The molecule has 7 rings (SSSR count). The van der Waals surface area contributed by atoms with Crippen LogP contribution in [-0.2, 0) is 20.8 Å². The second-order valence-electron chi connectivity index (χ2n) is 9.90. The van der Waals surface area contributed by atoms with Crippen molar-refractivity contribution in [1.82, 2.24) is 0 Å². The van der Waals surface area contributed by atoms with Gasteiger partial charge >= 0.3 is 37.9 Å². The topological polar surface area (TPSA) is 0 Å². The van der Waals surface area contributed by atoms with Crippen LogP contribution in [-0.4, -0.2) is 7.85 Å². The van der Waals surface area contributed by atoms with Gasteiger partial charge < -0.3 is 0 Å². The van der Waals surface area contributed by atoms with Crippen LogP contribution in [0.2, 0.25) is 0 Å². The normalized spacial score (nSPS) is 9.90. The maximum atomic E-state index is 5.36. The molecule has 0 atom stereocenters. The first-order chi connectivity index (χ1) is 20.5. The summed E-state index contributed by atoms with van der Waals surface area (Å²) in [5.74, 6) is 0. The molecule has 0 fully saturated rings. The molecule has 7 aromatic carbocycles. The van der Waals surface area contributed by atoms with E-state index in [1.807, 2.05) is 30.3 Å². The number of rotatable bonds is 2. The summed E-state index contributed by atoms with van der Waals surface area (Å²) < 4.78 is 0. The van der Waals surface area contributed by atoms with E-state index in [9.17, 15) is 0 Å². The van der Waals surface area contributed by atoms with E-state index >= 15 is 0 Å². The fourth-order valence-electron chi connectivity index (χ4n) is 4.96. The molecule has 0 aliphatic heterocycles. The Hall–Kier alpha value is -3.15. The fourth-order valence-corrected chi connectivity index (χ4v) is 4.96. The van der Waals surface area contributed by atoms with Crippen LogP contribution in [0.3, 0.4) is 0 Å². The number of hydrogen-bond donors (Lipinski definition) is 0. The summed E-state index contributed by atoms with van der Waals surface area (Å²) in [4.78, 5) is 0. The van der Waals surface area contributed by atoms with Gasteiger partial charge in [-0.15, -0.1) is 69.1 Å². The number of hydrogen-bond acceptors (Lipinski definition) is 0. The van der Waals surface area contributed by atoms with E-state index in [-0.39, 0.29) is 0 Å². The van der Waals surface area contributed by atoms with Crippen molar-refractivity contribution < 1.29 is 20.8 Å². The summed E-state index contributed by atoms with van der Waals surface area (Å²) in [6, 6.07) is 52.6. The van der Waals surface area contributed by atoms with Gasteiger partial charge in [-0.1, -0.05) is 134 Å². The Labute approximate surface area is 269 Å². The van der Waals surface area contributed by atoms with E-state index in [1.165, 1.54) is 54.9 Å². The third kappa shape index (κ3) is 8.92. The van der Waals surface area contributed by atoms with Gasteiger partial charge in [0.15, 0.2) is 0 Å².